The second kappa shape index (κ2) is 6.05. The van der Waals surface area contributed by atoms with E-state index in [0.29, 0.717) is 5.75 Å². The molecule has 0 amide bonds. The fraction of sp³-hybridized carbons (Fsp3) is 0.500. The lowest BCUT2D eigenvalue weighted by Crippen LogP contribution is -2.36. The van der Waals surface area contributed by atoms with Gasteiger partial charge < -0.3 is 5.11 Å². The molecule has 0 saturated heterocycles. The average Bonchev–Trinajstić information content (AvgIpc) is 2.78. The molecule has 0 saturated carbocycles. The largest absolute Gasteiger partial charge is 0.478 e. The number of nitrogens with zero attached hydrogens (tertiary/aromatic N) is 1. The molecule has 0 aliphatic rings. The molecule has 18 heavy (non-hydrogen) atoms. The van der Waals surface area contributed by atoms with E-state index in [-0.39, 0.29) is 15.8 Å². The van der Waals surface area contributed by atoms with Crippen LogP contribution in [0, 0.1) is 0 Å². The van der Waals surface area contributed by atoms with Gasteiger partial charge in [-0.05, 0) is 19.2 Å². The molecule has 0 aliphatic carbocycles. The van der Waals surface area contributed by atoms with Crippen molar-refractivity contribution >= 4 is 39.1 Å². The van der Waals surface area contributed by atoms with Gasteiger partial charge in [-0.15, -0.1) is 11.3 Å². The maximum absolute atomic E-state index is 12.2. The third kappa shape index (κ3) is 3.25. The standard InChI is InChI=1S/C10H15NO4S3/c1-7(5-16-3)11(2)18(14,15)9-4-8(6-17-9)10(12)13/h4,6-7H,5H2,1-3H3,(H,12,13). The van der Waals surface area contributed by atoms with Crippen molar-refractivity contribution in [1.29, 1.82) is 0 Å². The molecule has 0 bridgehead atoms. The Balaban J connectivity index is 3.01. The first kappa shape index (κ1) is 15.5. The highest BCUT2D eigenvalue weighted by Gasteiger charge is 2.27. The van der Waals surface area contributed by atoms with Gasteiger partial charge in [-0.25, -0.2) is 13.2 Å². The van der Waals surface area contributed by atoms with Gasteiger partial charge in [0.25, 0.3) is 10.0 Å². The highest BCUT2D eigenvalue weighted by atomic mass is 32.2. The molecule has 0 radical (unpaired) electrons. The molecule has 0 fully saturated rings. The van der Waals surface area contributed by atoms with Crippen LogP contribution in [0.3, 0.4) is 0 Å². The van der Waals surface area contributed by atoms with Crippen LogP contribution in [-0.2, 0) is 10.0 Å². The minimum atomic E-state index is -3.60. The van der Waals surface area contributed by atoms with Gasteiger partial charge in [0.15, 0.2) is 0 Å². The van der Waals surface area contributed by atoms with Gasteiger partial charge in [0.1, 0.15) is 4.21 Å². The predicted molar refractivity (Wildman–Crippen MR) is 74.1 cm³/mol. The summed E-state index contributed by atoms with van der Waals surface area (Å²) in [7, 11) is -2.09. The quantitative estimate of drug-likeness (QED) is 0.867. The first-order valence-corrected chi connectivity index (χ1v) is 8.81. The lowest BCUT2D eigenvalue weighted by Gasteiger charge is -2.22. The van der Waals surface area contributed by atoms with Crippen molar-refractivity contribution in [3.05, 3.63) is 17.0 Å². The smallest absolute Gasteiger partial charge is 0.336 e. The summed E-state index contributed by atoms with van der Waals surface area (Å²) in [4.78, 5) is 10.7. The molecule has 1 aromatic heterocycles. The maximum atomic E-state index is 12.2. The predicted octanol–water partition coefficient (Wildman–Crippen LogP) is 1.82. The number of rotatable bonds is 6. The number of carboxylic acid groups (broad SMARTS) is 1. The van der Waals surface area contributed by atoms with E-state index in [1.54, 1.807) is 11.8 Å². The third-order valence-electron chi connectivity index (χ3n) is 2.48. The van der Waals surface area contributed by atoms with Gasteiger partial charge >= 0.3 is 5.97 Å². The van der Waals surface area contributed by atoms with Crippen LogP contribution < -0.4 is 0 Å². The van der Waals surface area contributed by atoms with Gasteiger partial charge in [-0.3, -0.25) is 0 Å². The average molecular weight is 309 g/mol. The molecule has 0 aliphatic heterocycles. The molecule has 0 aromatic carbocycles. The highest BCUT2D eigenvalue weighted by Crippen LogP contribution is 2.25. The normalized spacial score (nSPS) is 13.8. The Bertz CT molecular complexity index is 523. The number of thioether (sulfide) groups is 1. The summed E-state index contributed by atoms with van der Waals surface area (Å²) in [5.74, 6) is -0.431. The molecule has 1 rings (SSSR count). The van der Waals surface area contributed by atoms with Crippen LogP contribution in [0.25, 0.3) is 0 Å². The van der Waals surface area contributed by atoms with Gasteiger partial charge in [0.2, 0.25) is 0 Å². The Kier molecular flexibility index (Phi) is 5.20. The van der Waals surface area contributed by atoms with Crippen LogP contribution in [0.1, 0.15) is 17.3 Å². The van der Waals surface area contributed by atoms with Crippen LogP contribution >= 0.6 is 23.1 Å². The van der Waals surface area contributed by atoms with Crippen molar-refractivity contribution in [3.8, 4) is 0 Å². The zero-order valence-corrected chi connectivity index (χ0v) is 12.7. The zero-order chi connectivity index (χ0) is 13.9. The van der Waals surface area contributed by atoms with E-state index in [4.69, 9.17) is 5.11 Å². The van der Waals surface area contributed by atoms with E-state index in [1.807, 2.05) is 13.2 Å². The Morgan fingerprint density at radius 3 is 2.67 bits per heavy atom. The Labute approximate surface area is 115 Å². The molecule has 1 heterocycles. The number of hydrogen-bond acceptors (Lipinski definition) is 5. The van der Waals surface area contributed by atoms with Crippen molar-refractivity contribution in [2.24, 2.45) is 0 Å². The SMILES string of the molecule is CSCC(C)N(C)S(=O)(=O)c1cc(C(=O)O)cs1. The molecule has 0 spiro atoms. The molecular weight excluding hydrogens is 294 g/mol. The van der Waals surface area contributed by atoms with Gasteiger partial charge in [0, 0.05) is 24.2 Å². The van der Waals surface area contributed by atoms with Gasteiger partial charge in [-0.2, -0.15) is 16.1 Å². The van der Waals surface area contributed by atoms with Crippen molar-refractivity contribution < 1.29 is 18.3 Å². The monoisotopic (exact) mass is 309 g/mol. The summed E-state index contributed by atoms with van der Waals surface area (Å²) in [6.07, 6.45) is 1.91. The first-order chi connectivity index (χ1) is 8.30. The molecule has 5 nitrogen and oxygen atoms in total. The summed E-state index contributed by atoms with van der Waals surface area (Å²) >= 11 is 2.49. The number of thiophene rings is 1. The first-order valence-electron chi connectivity index (χ1n) is 5.09. The third-order valence-corrected chi connectivity index (χ3v) is 6.69. The summed E-state index contributed by atoms with van der Waals surface area (Å²) in [6, 6.07) is 1.06. The van der Waals surface area contributed by atoms with Crippen LogP contribution in [0.2, 0.25) is 0 Å². The van der Waals surface area contributed by atoms with Crippen molar-refractivity contribution in [3.63, 3.8) is 0 Å². The van der Waals surface area contributed by atoms with Crippen molar-refractivity contribution in [2.45, 2.75) is 17.2 Å². The highest BCUT2D eigenvalue weighted by molar-refractivity contribution is 7.98. The number of carboxylic acids is 1. The van der Waals surface area contributed by atoms with E-state index < -0.39 is 16.0 Å². The van der Waals surface area contributed by atoms with E-state index in [2.05, 4.69) is 0 Å². The molecule has 102 valence electrons. The second-order valence-corrected chi connectivity index (χ2v) is 7.83. The van der Waals surface area contributed by atoms with E-state index >= 15 is 0 Å². The van der Waals surface area contributed by atoms with E-state index in [1.165, 1.54) is 22.8 Å². The Morgan fingerprint density at radius 2 is 2.22 bits per heavy atom. The van der Waals surface area contributed by atoms with Crippen LogP contribution in [0.5, 0.6) is 0 Å². The molecule has 1 atom stereocenters. The van der Waals surface area contributed by atoms with E-state index in [0.717, 1.165) is 11.3 Å². The van der Waals surface area contributed by atoms with Crippen molar-refractivity contribution in [2.75, 3.05) is 19.1 Å². The minimum absolute atomic E-state index is 0.00416. The zero-order valence-electron chi connectivity index (χ0n) is 10.3. The van der Waals surface area contributed by atoms with Crippen molar-refractivity contribution in [1.82, 2.24) is 4.31 Å². The number of sulfonamides is 1. The molecule has 1 unspecified atom stereocenters. The van der Waals surface area contributed by atoms with E-state index in [9.17, 15) is 13.2 Å². The molecule has 1 aromatic rings. The molecule has 8 heteroatoms. The van der Waals surface area contributed by atoms with Crippen LogP contribution in [-0.4, -0.2) is 48.9 Å². The van der Waals surface area contributed by atoms with Gasteiger partial charge in [-0.1, -0.05) is 0 Å². The van der Waals surface area contributed by atoms with Crippen LogP contribution in [0.4, 0.5) is 0 Å². The fourth-order valence-corrected chi connectivity index (χ4v) is 4.79. The topological polar surface area (TPSA) is 74.7 Å². The maximum Gasteiger partial charge on any atom is 0.336 e. The fourth-order valence-electron chi connectivity index (χ4n) is 1.29. The number of aromatic carboxylic acids is 1. The summed E-state index contributed by atoms with van der Waals surface area (Å²) in [6.45, 7) is 1.82. The number of carbonyl (C=O) groups is 1. The number of hydrogen-bond donors (Lipinski definition) is 1. The lowest BCUT2D eigenvalue weighted by molar-refractivity contribution is 0.0697. The molecular formula is C10H15NO4S3. The summed E-state index contributed by atoms with van der Waals surface area (Å²) in [5.41, 5.74) is 0.00416. The Morgan fingerprint density at radius 1 is 1.61 bits per heavy atom. The molecule has 1 N–H and O–H groups in total. The minimum Gasteiger partial charge on any atom is -0.478 e. The van der Waals surface area contributed by atoms with Crippen LogP contribution in [0.15, 0.2) is 15.7 Å². The second-order valence-electron chi connectivity index (χ2n) is 3.79. The Hall–Kier alpha value is -0.570. The summed E-state index contributed by atoms with van der Waals surface area (Å²) < 4.78 is 25.8. The lowest BCUT2D eigenvalue weighted by atomic mass is 10.4. The summed E-state index contributed by atoms with van der Waals surface area (Å²) in [5, 5.41) is 10.1. The van der Waals surface area contributed by atoms with Gasteiger partial charge in [0.05, 0.1) is 5.56 Å².